The quantitative estimate of drug-likeness (QED) is 0.762. The average molecular weight is 326 g/mol. The van der Waals surface area contributed by atoms with Crippen LogP contribution in [0.1, 0.15) is 15.9 Å². The van der Waals surface area contributed by atoms with Crippen molar-refractivity contribution in [3.05, 3.63) is 52.8 Å². The SMILES string of the molecule is COc1cc(OCc2c(F)cc(F)cc2F)cc(OC)c1C=O. The van der Waals surface area contributed by atoms with Gasteiger partial charge < -0.3 is 14.2 Å². The summed E-state index contributed by atoms with van der Waals surface area (Å²) in [5.74, 6) is -2.56. The number of hydrogen-bond donors (Lipinski definition) is 0. The largest absolute Gasteiger partial charge is 0.496 e. The molecule has 0 saturated heterocycles. The van der Waals surface area contributed by atoms with Crippen LogP contribution in [-0.4, -0.2) is 20.5 Å². The van der Waals surface area contributed by atoms with Gasteiger partial charge in [0.25, 0.3) is 0 Å². The van der Waals surface area contributed by atoms with Crippen molar-refractivity contribution < 1.29 is 32.2 Å². The number of aldehydes is 1. The summed E-state index contributed by atoms with van der Waals surface area (Å²) in [5, 5.41) is 0. The van der Waals surface area contributed by atoms with Crippen molar-refractivity contribution in [3.63, 3.8) is 0 Å². The van der Waals surface area contributed by atoms with Crippen molar-refractivity contribution in [1.29, 1.82) is 0 Å². The van der Waals surface area contributed by atoms with Crippen molar-refractivity contribution >= 4 is 6.29 Å². The van der Waals surface area contributed by atoms with Gasteiger partial charge in [-0.2, -0.15) is 0 Å². The minimum atomic E-state index is -1.05. The Hall–Kier alpha value is -2.70. The number of carbonyl (C=O) groups excluding carboxylic acids is 1. The third kappa shape index (κ3) is 3.56. The van der Waals surface area contributed by atoms with Gasteiger partial charge in [-0.15, -0.1) is 0 Å². The molecule has 2 aromatic rings. The Bertz CT molecular complexity index is 683. The second-order valence-corrected chi connectivity index (χ2v) is 4.50. The van der Waals surface area contributed by atoms with Gasteiger partial charge in [0.15, 0.2) is 6.29 Å². The normalized spacial score (nSPS) is 10.3. The summed E-state index contributed by atoms with van der Waals surface area (Å²) in [6.45, 7) is -0.468. The average Bonchev–Trinajstić information content (AvgIpc) is 2.52. The van der Waals surface area contributed by atoms with E-state index in [1.807, 2.05) is 0 Å². The van der Waals surface area contributed by atoms with Crippen LogP contribution in [0.25, 0.3) is 0 Å². The molecule has 0 unspecified atom stereocenters. The molecule has 0 spiro atoms. The van der Waals surface area contributed by atoms with Crippen LogP contribution in [0.4, 0.5) is 13.2 Å². The highest BCUT2D eigenvalue weighted by atomic mass is 19.1. The predicted octanol–water partition coefficient (Wildman–Crippen LogP) is 3.51. The van der Waals surface area contributed by atoms with E-state index >= 15 is 0 Å². The number of hydrogen-bond acceptors (Lipinski definition) is 4. The third-order valence-corrected chi connectivity index (χ3v) is 3.12. The molecule has 2 aromatic carbocycles. The van der Waals surface area contributed by atoms with Gasteiger partial charge in [-0.3, -0.25) is 4.79 Å². The van der Waals surface area contributed by atoms with Crippen LogP contribution >= 0.6 is 0 Å². The number of halogens is 3. The highest BCUT2D eigenvalue weighted by molar-refractivity contribution is 5.84. The molecule has 23 heavy (non-hydrogen) atoms. The lowest BCUT2D eigenvalue weighted by Crippen LogP contribution is -2.04. The van der Waals surface area contributed by atoms with Crippen LogP contribution in [0, 0.1) is 17.5 Å². The number of rotatable bonds is 6. The van der Waals surface area contributed by atoms with Gasteiger partial charge >= 0.3 is 0 Å². The van der Waals surface area contributed by atoms with E-state index in [4.69, 9.17) is 14.2 Å². The number of ether oxygens (including phenoxy) is 3. The van der Waals surface area contributed by atoms with Gasteiger partial charge in [0.1, 0.15) is 41.3 Å². The van der Waals surface area contributed by atoms with Gasteiger partial charge in [-0.25, -0.2) is 13.2 Å². The molecular weight excluding hydrogens is 313 g/mol. The van der Waals surface area contributed by atoms with Crippen molar-refractivity contribution in [2.24, 2.45) is 0 Å². The molecule has 0 heterocycles. The zero-order valence-electron chi connectivity index (χ0n) is 12.4. The summed E-state index contributed by atoms with van der Waals surface area (Å²) in [7, 11) is 2.70. The standard InChI is InChI=1S/C16H13F3O4/c1-21-15-5-10(6-16(22-2)11(15)7-20)23-8-12-13(18)3-9(17)4-14(12)19/h3-7H,8H2,1-2H3. The number of benzene rings is 2. The summed E-state index contributed by atoms with van der Waals surface area (Å²) in [4.78, 5) is 11.0. The smallest absolute Gasteiger partial charge is 0.157 e. The van der Waals surface area contributed by atoms with E-state index in [9.17, 15) is 18.0 Å². The van der Waals surface area contributed by atoms with Crippen LogP contribution in [-0.2, 0) is 6.61 Å². The second kappa shape index (κ2) is 7.04. The molecular formula is C16H13F3O4. The molecule has 122 valence electrons. The topological polar surface area (TPSA) is 44.8 Å². The Kier molecular flexibility index (Phi) is 5.10. The fraction of sp³-hybridized carbons (Fsp3) is 0.188. The Morgan fingerprint density at radius 1 is 0.957 bits per heavy atom. The van der Waals surface area contributed by atoms with Crippen molar-refractivity contribution in [1.82, 2.24) is 0 Å². The first-order valence-corrected chi connectivity index (χ1v) is 6.47. The maximum Gasteiger partial charge on any atom is 0.157 e. The van der Waals surface area contributed by atoms with E-state index in [-0.39, 0.29) is 22.8 Å². The molecule has 0 N–H and O–H groups in total. The molecule has 0 radical (unpaired) electrons. The molecule has 0 fully saturated rings. The Morgan fingerprint density at radius 2 is 1.48 bits per heavy atom. The van der Waals surface area contributed by atoms with E-state index in [2.05, 4.69) is 0 Å². The van der Waals surface area contributed by atoms with Gasteiger partial charge in [0.05, 0.1) is 25.3 Å². The first-order valence-electron chi connectivity index (χ1n) is 6.47. The molecule has 0 aliphatic carbocycles. The summed E-state index contributed by atoms with van der Waals surface area (Å²) in [6, 6.07) is 3.90. The maximum atomic E-state index is 13.6. The van der Waals surface area contributed by atoms with Crippen LogP contribution in [0.15, 0.2) is 24.3 Å². The Labute approximate surface area is 130 Å². The maximum absolute atomic E-state index is 13.6. The number of carbonyl (C=O) groups is 1. The van der Waals surface area contributed by atoms with E-state index in [0.29, 0.717) is 18.4 Å². The van der Waals surface area contributed by atoms with Gasteiger partial charge in [-0.1, -0.05) is 0 Å². The van der Waals surface area contributed by atoms with E-state index in [1.54, 1.807) is 0 Å². The minimum absolute atomic E-state index is 0.174. The van der Waals surface area contributed by atoms with E-state index < -0.39 is 29.6 Å². The van der Waals surface area contributed by atoms with E-state index in [1.165, 1.54) is 26.4 Å². The summed E-state index contributed by atoms with van der Waals surface area (Å²) in [6.07, 6.45) is 0.556. The highest BCUT2D eigenvalue weighted by Gasteiger charge is 2.15. The zero-order chi connectivity index (χ0) is 17.0. The van der Waals surface area contributed by atoms with Crippen LogP contribution in [0.3, 0.4) is 0 Å². The van der Waals surface area contributed by atoms with E-state index in [0.717, 1.165) is 0 Å². The lowest BCUT2D eigenvalue weighted by atomic mass is 10.1. The van der Waals surface area contributed by atoms with Crippen molar-refractivity contribution in [2.75, 3.05) is 14.2 Å². The van der Waals surface area contributed by atoms with Gasteiger partial charge in [-0.05, 0) is 0 Å². The summed E-state index contributed by atoms with van der Waals surface area (Å²) < 4.78 is 55.4. The van der Waals surface area contributed by atoms with Crippen LogP contribution in [0.2, 0.25) is 0 Å². The third-order valence-electron chi connectivity index (χ3n) is 3.12. The van der Waals surface area contributed by atoms with Gasteiger partial charge in [0, 0.05) is 24.3 Å². The minimum Gasteiger partial charge on any atom is -0.496 e. The van der Waals surface area contributed by atoms with Crippen LogP contribution in [0.5, 0.6) is 17.2 Å². The molecule has 0 amide bonds. The zero-order valence-corrected chi connectivity index (χ0v) is 12.4. The molecule has 0 bridgehead atoms. The molecule has 7 heteroatoms. The first kappa shape index (κ1) is 16.7. The molecule has 0 atom stereocenters. The van der Waals surface area contributed by atoms with Gasteiger partial charge in [0.2, 0.25) is 0 Å². The fourth-order valence-corrected chi connectivity index (χ4v) is 1.98. The first-order chi connectivity index (χ1) is 11.0. The van der Waals surface area contributed by atoms with Crippen LogP contribution < -0.4 is 14.2 Å². The number of methoxy groups -OCH3 is 2. The Morgan fingerprint density at radius 3 is 1.91 bits per heavy atom. The Balaban J connectivity index is 2.29. The fourth-order valence-electron chi connectivity index (χ4n) is 1.98. The summed E-state index contributed by atoms with van der Waals surface area (Å²) in [5.41, 5.74) is -0.231. The van der Waals surface area contributed by atoms with Crippen molar-refractivity contribution in [3.8, 4) is 17.2 Å². The van der Waals surface area contributed by atoms with Crippen molar-refractivity contribution in [2.45, 2.75) is 6.61 Å². The summed E-state index contributed by atoms with van der Waals surface area (Å²) >= 11 is 0. The highest BCUT2D eigenvalue weighted by Crippen LogP contribution is 2.33. The molecule has 0 aromatic heterocycles. The second-order valence-electron chi connectivity index (χ2n) is 4.50. The molecule has 4 nitrogen and oxygen atoms in total. The monoisotopic (exact) mass is 326 g/mol. The molecule has 0 saturated carbocycles. The lowest BCUT2D eigenvalue weighted by Gasteiger charge is -2.13. The lowest BCUT2D eigenvalue weighted by molar-refractivity contribution is 0.111. The molecule has 2 rings (SSSR count). The predicted molar refractivity (Wildman–Crippen MR) is 75.6 cm³/mol. The molecule has 0 aliphatic rings. The molecule has 0 aliphatic heterocycles.